The first kappa shape index (κ1) is 23.6. The molecule has 0 saturated heterocycles. The summed E-state index contributed by atoms with van der Waals surface area (Å²) in [5, 5.41) is 6.17. The van der Waals surface area contributed by atoms with Crippen LogP contribution in [0.3, 0.4) is 0 Å². The Balaban J connectivity index is 1.51. The van der Waals surface area contributed by atoms with Crippen LogP contribution < -0.4 is 21.3 Å². The zero-order valence-electron chi connectivity index (χ0n) is 17.4. The van der Waals surface area contributed by atoms with Crippen LogP contribution in [0.2, 0.25) is 0 Å². The molecule has 1 aromatic carbocycles. The standard InChI is InChI=1S/C20H14F4N4O4S2/c1-27-12-8-33-14(16(12)17(30)28(2)19(27)31)6-15(29)26-18-25-11(7-34-18)9-3-4-13(10(21)5-9)32-20(22,23)24/h3-5,7-8H,6H2,1-2H3,(H,25,26,29). The van der Waals surface area contributed by atoms with Gasteiger partial charge in [-0.25, -0.2) is 14.2 Å². The number of carbonyl (C=O) groups excluding carboxylic acids is 1. The topological polar surface area (TPSA) is 95.2 Å². The molecule has 34 heavy (non-hydrogen) atoms. The molecule has 4 aromatic rings. The van der Waals surface area contributed by atoms with Crippen molar-refractivity contribution in [2.45, 2.75) is 12.8 Å². The van der Waals surface area contributed by atoms with Crippen LogP contribution >= 0.6 is 22.7 Å². The Morgan fingerprint density at radius 1 is 1.15 bits per heavy atom. The first-order valence-corrected chi connectivity index (χ1v) is 11.2. The maximum atomic E-state index is 14.0. The van der Waals surface area contributed by atoms with Crippen LogP contribution in [0, 0.1) is 5.82 Å². The molecule has 0 aliphatic carbocycles. The van der Waals surface area contributed by atoms with Gasteiger partial charge in [0.2, 0.25) is 5.91 Å². The van der Waals surface area contributed by atoms with Crippen LogP contribution in [0.15, 0.2) is 38.5 Å². The summed E-state index contributed by atoms with van der Waals surface area (Å²) in [6.45, 7) is 0. The molecular formula is C20H14F4N4O4S2. The van der Waals surface area contributed by atoms with Crippen molar-refractivity contribution in [2.75, 3.05) is 5.32 Å². The van der Waals surface area contributed by atoms with Crippen LogP contribution in [0.25, 0.3) is 22.2 Å². The van der Waals surface area contributed by atoms with Crippen LogP contribution in [-0.2, 0) is 25.3 Å². The van der Waals surface area contributed by atoms with Crippen LogP contribution in [0.4, 0.5) is 22.7 Å². The van der Waals surface area contributed by atoms with Gasteiger partial charge in [0.1, 0.15) is 0 Å². The lowest BCUT2D eigenvalue weighted by molar-refractivity contribution is -0.275. The first-order chi connectivity index (χ1) is 15.9. The summed E-state index contributed by atoms with van der Waals surface area (Å²) >= 11 is 2.21. The van der Waals surface area contributed by atoms with Crippen molar-refractivity contribution in [2.24, 2.45) is 14.1 Å². The quantitative estimate of drug-likeness (QED) is 0.411. The molecule has 4 rings (SSSR count). The van der Waals surface area contributed by atoms with Gasteiger partial charge in [-0.15, -0.1) is 35.8 Å². The molecule has 0 aliphatic rings. The Labute approximate surface area is 195 Å². The Morgan fingerprint density at radius 2 is 1.88 bits per heavy atom. The molecule has 0 bridgehead atoms. The smallest absolute Gasteiger partial charge is 0.403 e. The van der Waals surface area contributed by atoms with Crippen molar-refractivity contribution < 1.29 is 27.1 Å². The molecule has 0 spiro atoms. The molecule has 1 N–H and O–H groups in total. The van der Waals surface area contributed by atoms with Crippen LogP contribution in [-0.4, -0.2) is 26.4 Å². The highest BCUT2D eigenvalue weighted by molar-refractivity contribution is 7.14. The third-order valence-corrected chi connectivity index (χ3v) is 6.56. The number of hydrogen-bond donors (Lipinski definition) is 1. The summed E-state index contributed by atoms with van der Waals surface area (Å²) in [5.41, 5.74) is -0.118. The van der Waals surface area contributed by atoms with Gasteiger partial charge in [-0.2, -0.15) is 0 Å². The SMILES string of the molecule is Cn1c(=O)c2c(CC(=O)Nc3nc(-c4ccc(OC(F)(F)F)c(F)c4)cs3)scc2n(C)c1=O. The fourth-order valence-electron chi connectivity index (χ4n) is 3.22. The van der Waals surface area contributed by atoms with Gasteiger partial charge < -0.3 is 10.1 Å². The van der Waals surface area contributed by atoms with Crippen LogP contribution in [0.5, 0.6) is 5.75 Å². The van der Waals surface area contributed by atoms with Gasteiger partial charge in [0.25, 0.3) is 5.56 Å². The van der Waals surface area contributed by atoms with Crippen molar-refractivity contribution in [3.8, 4) is 17.0 Å². The summed E-state index contributed by atoms with van der Waals surface area (Å²) in [6.07, 6.45) is -5.16. The van der Waals surface area contributed by atoms with E-state index in [-0.39, 0.29) is 28.2 Å². The molecule has 0 unspecified atom stereocenters. The van der Waals surface area contributed by atoms with E-state index in [4.69, 9.17) is 0 Å². The van der Waals surface area contributed by atoms with E-state index < -0.39 is 35.1 Å². The number of nitrogens with one attached hydrogen (secondary N) is 1. The first-order valence-electron chi connectivity index (χ1n) is 9.41. The average molecular weight is 514 g/mol. The number of aromatic nitrogens is 3. The molecule has 178 valence electrons. The van der Waals surface area contributed by atoms with Gasteiger partial charge in [-0.05, 0) is 18.2 Å². The molecule has 0 fully saturated rings. The maximum Gasteiger partial charge on any atom is 0.573 e. The fourth-order valence-corrected chi connectivity index (χ4v) is 5.01. The molecular weight excluding hydrogens is 500 g/mol. The van der Waals surface area contributed by atoms with Crippen LogP contribution in [0.1, 0.15) is 4.88 Å². The number of thiophene rings is 1. The highest BCUT2D eigenvalue weighted by Gasteiger charge is 2.32. The van der Waals surface area contributed by atoms with Gasteiger partial charge in [0, 0.05) is 35.3 Å². The van der Waals surface area contributed by atoms with Gasteiger partial charge >= 0.3 is 12.1 Å². The Morgan fingerprint density at radius 3 is 2.56 bits per heavy atom. The number of rotatable bonds is 5. The minimum Gasteiger partial charge on any atom is -0.403 e. The zero-order valence-corrected chi connectivity index (χ0v) is 19.0. The number of fused-ring (bicyclic) bond motifs is 1. The Kier molecular flexibility index (Phi) is 6.03. The largest absolute Gasteiger partial charge is 0.573 e. The number of carbonyl (C=O) groups is 1. The molecule has 3 heterocycles. The van der Waals surface area contributed by atoms with Gasteiger partial charge in [-0.3, -0.25) is 18.7 Å². The molecule has 0 radical (unpaired) electrons. The average Bonchev–Trinajstić information content (AvgIpc) is 3.38. The van der Waals surface area contributed by atoms with Gasteiger partial charge in [0.05, 0.1) is 23.0 Å². The van der Waals surface area contributed by atoms with E-state index >= 15 is 0 Å². The van der Waals surface area contributed by atoms with Crippen molar-refractivity contribution >= 4 is 44.6 Å². The highest BCUT2D eigenvalue weighted by atomic mass is 32.1. The number of hydrogen-bond acceptors (Lipinski definition) is 7. The summed E-state index contributed by atoms with van der Waals surface area (Å²) in [7, 11) is 2.88. The normalized spacial score (nSPS) is 11.7. The number of amides is 1. The number of benzene rings is 1. The fraction of sp³-hybridized carbons (Fsp3) is 0.200. The summed E-state index contributed by atoms with van der Waals surface area (Å²) in [5.74, 6) is -2.65. The number of aryl methyl sites for hydroxylation is 1. The van der Waals surface area contributed by atoms with E-state index in [2.05, 4.69) is 15.0 Å². The Bertz CT molecular complexity index is 1530. The molecule has 1 amide bonds. The molecule has 8 nitrogen and oxygen atoms in total. The van der Waals surface area contributed by atoms with E-state index in [1.807, 2.05) is 0 Å². The lowest BCUT2D eigenvalue weighted by Gasteiger charge is -2.10. The molecule has 14 heteroatoms. The van der Waals surface area contributed by atoms with Crippen molar-refractivity contribution in [1.29, 1.82) is 0 Å². The number of thiazole rings is 1. The molecule has 3 aromatic heterocycles. The minimum atomic E-state index is -5.02. The number of halogens is 4. The van der Waals surface area contributed by atoms with Crippen molar-refractivity contribution in [3.63, 3.8) is 0 Å². The van der Waals surface area contributed by atoms with Gasteiger partial charge in [0.15, 0.2) is 16.7 Å². The summed E-state index contributed by atoms with van der Waals surface area (Å²) in [6, 6.07) is 2.90. The predicted octanol–water partition coefficient (Wildman–Crippen LogP) is 3.64. The lowest BCUT2D eigenvalue weighted by atomic mass is 10.1. The van der Waals surface area contributed by atoms with Crippen molar-refractivity contribution in [3.05, 3.63) is 60.5 Å². The number of ether oxygens (including phenoxy) is 1. The molecule has 0 saturated carbocycles. The van der Waals surface area contributed by atoms with E-state index in [0.717, 1.165) is 28.0 Å². The predicted molar refractivity (Wildman–Crippen MR) is 119 cm³/mol. The number of anilines is 1. The third-order valence-electron chi connectivity index (χ3n) is 4.83. The third kappa shape index (κ3) is 4.59. The summed E-state index contributed by atoms with van der Waals surface area (Å²) in [4.78, 5) is 41.8. The second-order valence-electron chi connectivity index (χ2n) is 7.08. The minimum absolute atomic E-state index is 0.144. The van der Waals surface area contributed by atoms with Gasteiger partial charge in [-0.1, -0.05) is 0 Å². The monoisotopic (exact) mass is 514 g/mol. The molecule has 0 atom stereocenters. The highest BCUT2D eigenvalue weighted by Crippen LogP contribution is 2.31. The zero-order chi connectivity index (χ0) is 24.8. The van der Waals surface area contributed by atoms with E-state index in [1.165, 1.54) is 41.4 Å². The van der Waals surface area contributed by atoms with E-state index in [9.17, 15) is 31.9 Å². The molecule has 0 aliphatic heterocycles. The second kappa shape index (κ2) is 8.68. The maximum absolute atomic E-state index is 14.0. The van der Waals surface area contributed by atoms with Crippen molar-refractivity contribution in [1.82, 2.24) is 14.1 Å². The second-order valence-corrected chi connectivity index (χ2v) is 8.90. The summed E-state index contributed by atoms with van der Waals surface area (Å²) < 4.78 is 56.8. The number of alkyl halides is 3. The van der Waals surface area contributed by atoms with E-state index in [0.29, 0.717) is 10.4 Å². The Hall–Kier alpha value is -3.52. The lowest BCUT2D eigenvalue weighted by Crippen LogP contribution is -2.36. The van der Waals surface area contributed by atoms with E-state index in [1.54, 1.807) is 5.38 Å². The number of nitrogens with zero attached hydrogens (tertiary/aromatic N) is 3.